The first-order chi connectivity index (χ1) is 9.50. The van der Waals surface area contributed by atoms with Gasteiger partial charge in [0, 0.05) is 16.3 Å². The molecule has 0 saturated carbocycles. The summed E-state index contributed by atoms with van der Waals surface area (Å²) in [6, 6.07) is 14.5. The molecule has 0 aliphatic heterocycles. The second-order valence-corrected chi connectivity index (χ2v) is 7.21. The molecule has 1 unspecified atom stereocenters. The van der Waals surface area contributed by atoms with Gasteiger partial charge < -0.3 is 10.4 Å². The summed E-state index contributed by atoms with van der Waals surface area (Å²) in [5.41, 5.74) is 1.33. The predicted octanol–water partition coefficient (Wildman–Crippen LogP) is 3.87. The van der Waals surface area contributed by atoms with Gasteiger partial charge in [-0.2, -0.15) is 0 Å². The van der Waals surface area contributed by atoms with Crippen molar-refractivity contribution in [3.63, 3.8) is 0 Å². The van der Waals surface area contributed by atoms with Crippen LogP contribution in [0.25, 0.3) is 0 Å². The first kappa shape index (κ1) is 15.2. The van der Waals surface area contributed by atoms with Crippen molar-refractivity contribution in [2.45, 2.75) is 38.8 Å². The van der Waals surface area contributed by atoms with Crippen LogP contribution in [-0.4, -0.2) is 11.7 Å². The van der Waals surface area contributed by atoms with E-state index in [9.17, 15) is 5.11 Å². The Balaban J connectivity index is 1.99. The zero-order chi connectivity index (χ0) is 14.6. The summed E-state index contributed by atoms with van der Waals surface area (Å²) in [4.78, 5) is 2.71. The molecule has 0 aliphatic carbocycles. The van der Waals surface area contributed by atoms with Crippen molar-refractivity contribution in [3.8, 4) is 0 Å². The average molecular weight is 289 g/mol. The summed E-state index contributed by atoms with van der Waals surface area (Å²) in [5, 5.41) is 13.0. The Labute approximate surface area is 125 Å². The molecule has 0 amide bonds. The molecule has 2 N–H and O–H groups in total. The first-order valence-electron chi connectivity index (χ1n) is 6.99. The smallest absolute Gasteiger partial charge is 0.0626 e. The molecule has 2 rings (SSSR count). The minimum atomic E-state index is -0.00335. The Morgan fingerprint density at radius 2 is 1.80 bits per heavy atom. The number of hydrogen-bond donors (Lipinski definition) is 2. The van der Waals surface area contributed by atoms with Crippen LogP contribution in [-0.2, 0) is 12.0 Å². The van der Waals surface area contributed by atoms with Gasteiger partial charge in [-0.05, 0) is 23.1 Å². The van der Waals surface area contributed by atoms with Gasteiger partial charge in [-0.15, -0.1) is 11.3 Å². The topological polar surface area (TPSA) is 32.3 Å². The molecule has 0 spiro atoms. The minimum Gasteiger partial charge on any atom is -0.394 e. The zero-order valence-corrected chi connectivity index (χ0v) is 13.2. The molecule has 0 radical (unpaired) electrons. The van der Waals surface area contributed by atoms with E-state index in [1.807, 2.05) is 41.7 Å². The minimum absolute atomic E-state index is 0.00335. The maximum atomic E-state index is 9.53. The highest BCUT2D eigenvalue weighted by molar-refractivity contribution is 7.12. The van der Waals surface area contributed by atoms with Gasteiger partial charge in [-0.1, -0.05) is 51.1 Å². The van der Waals surface area contributed by atoms with Gasteiger partial charge in [0.2, 0.25) is 0 Å². The third kappa shape index (κ3) is 3.92. The molecule has 20 heavy (non-hydrogen) atoms. The number of thiophene rings is 1. The monoisotopic (exact) mass is 289 g/mol. The van der Waals surface area contributed by atoms with E-state index in [1.165, 1.54) is 9.75 Å². The molecule has 108 valence electrons. The summed E-state index contributed by atoms with van der Waals surface area (Å²) in [7, 11) is 0. The lowest BCUT2D eigenvalue weighted by Crippen LogP contribution is -2.23. The van der Waals surface area contributed by atoms with Crippen LogP contribution in [0.1, 0.15) is 42.1 Å². The predicted molar refractivity (Wildman–Crippen MR) is 86.1 cm³/mol. The van der Waals surface area contributed by atoms with E-state index in [4.69, 9.17) is 0 Å². The number of benzene rings is 1. The molecular formula is C17H23NOS. The fourth-order valence-corrected chi connectivity index (χ4v) is 3.09. The molecule has 3 heteroatoms. The van der Waals surface area contributed by atoms with Gasteiger partial charge in [-0.25, -0.2) is 0 Å². The summed E-state index contributed by atoms with van der Waals surface area (Å²) in [5.74, 6) is 0. The van der Waals surface area contributed by atoms with Crippen molar-refractivity contribution in [1.82, 2.24) is 5.32 Å². The summed E-state index contributed by atoms with van der Waals surface area (Å²) < 4.78 is 0. The van der Waals surface area contributed by atoms with E-state index in [0.717, 1.165) is 12.1 Å². The van der Waals surface area contributed by atoms with E-state index >= 15 is 0 Å². The van der Waals surface area contributed by atoms with E-state index in [-0.39, 0.29) is 18.1 Å². The molecule has 1 heterocycles. The van der Waals surface area contributed by atoms with Gasteiger partial charge in [0.1, 0.15) is 0 Å². The highest BCUT2D eigenvalue weighted by Crippen LogP contribution is 2.29. The van der Waals surface area contributed by atoms with E-state index < -0.39 is 0 Å². The number of hydrogen-bond acceptors (Lipinski definition) is 3. The van der Waals surface area contributed by atoms with Crippen LogP contribution in [0.4, 0.5) is 0 Å². The van der Waals surface area contributed by atoms with Crippen LogP contribution < -0.4 is 5.32 Å². The van der Waals surface area contributed by atoms with Gasteiger partial charge in [0.25, 0.3) is 0 Å². The van der Waals surface area contributed by atoms with Crippen molar-refractivity contribution in [2.75, 3.05) is 6.61 Å². The normalized spacial score (nSPS) is 13.4. The molecule has 2 aromatic rings. The first-order valence-corrected chi connectivity index (χ1v) is 7.81. The second kappa shape index (κ2) is 6.53. The van der Waals surface area contributed by atoms with Crippen LogP contribution in [0.5, 0.6) is 0 Å². The fourth-order valence-electron chi connectivity index (χ4n) is 2.07. The Bertz CT molecular complexity index is 527. The Kier molecular flexibility index (Phi) is 4.97. The quantitative estimate of drug-likeness (QED) is 0.876. The molecule has 0 aliphatic rings. The number of nitrogens with one attached hydrogen (secondary N) is 1. The lowest BCUT2D eigenvalue weighted by Gasteiger charge is -2.17. The van der Waals surface area contributed by atoms with Crippen LogP contribution in [0.2, 0.25) is 0 Å². The molecule has 0 bridgehead atoms. The van der Waals surface area contributed by atoms with E-state index in [0.29, 0.717) is 0 Å². The van der Waals surface area contributed by atoms with Crippen LogP contribution in [0.15, 0.2) is 42.5 Å². The molecule has 2 nitrogen and oxygen atoms in total. The van der Waals surface area contributed by atoms with Gasteiger partial charge in [0.05, 0.1) is 12.6 Å². The van der Waals surface area contributed by atoms with Gasteiger partial charge in [0.15, 0.2) is 0 Å². The third-order valence-electron chi connectivity index (χ3n) is 3.31. The number of aliphatic hydroxyl groups is 1. The summed E-state index contributed by atoms with van der Waals surface area (Å²) >= 11 is 1.84. The lowest BCUT2D eigenvalue weighted by molar-refractivity contribution is 0.244. The van der Waals surface area contributed by atoms with Gasteiger partial charge in [-0.3, -0.25) is 0 Å². The molecule has 0 saturated heterocycles. The maximum absolute atomic E-state index is 9.53. The SMILES string of the molecule is CC(C)(C)c1ccc(CNC(CO)c2ccccc2)s1. The molecule has 0 fully saturated rings. The average Bonchev–Trinajstić information content (AvgIpc) is 2.89. The number of rotatable bonds is 5. The number of aliphatic hydroxyl groups excluding tert-OH is 1. The second-order valence-electron chi connectivity index (χ2n) is 6.04. The third-order valence-corrected chi connectivity index (χ3v) is 4.82. The maximum Gasteiger partial charge on any atom is 0.0626 e. The fraction of sp³-hybridized carbons (Fsp3) is 0.412. The Morgan fingerprint density at radius 1 is 1.10 bits per heavy atom. The van der Waals surface area contributed by atoms with Gasteiger partial charge >= 0.3 is 0 Å². The largest absolute Gasteiger partial charge is 0.394 e. The molecule has 1 atom stereocenters. The van der Waals surface area contributed by atoms with Crippen LogP contribution >= 0.6 is 11.3 Å². The summed E-state index contributed by atoms with van der Waals surface area (Å²) in [6.07, 6.45) is 0. The van der Waals surface area contributed by atoms with Crippen molar-refractivity contribution < 1.29 is 5.11 Å². The molecule has 1 aromatic heterocycles. The Morgan fingerprint density at radius 3 is 2.35 bits per heavy atom. The van der Waals surface area contributed by atoms with Crippen molar-refractivity contribution in [1.29, 1.82) is 0 Å². The van der Waals surface area contributed by atoms with E-state index in [1.54, 1.807) is 0 Å². The van der Waals surface area contributed by atoms with E-state index in [2.05, 4.69) is 38.2 Å². The zero-order valence-electron chi connectivity index (χ0n) is 12.4. The van der Waals surface area contributed by atoms with Crippen molar-refractivity contribution in [2.24, 2.45) is 0 Å². The highest BCUT2D eigenvalue weighted by Gasteiger charge is 2.16. The van der Waals surface area contributed by atoms with Crippen molar-refractivity contribution in [3.05, 3.63) is 57.8 Å². The highest BCUT2D eigenvalue weighted by atomic mass is 32.1. The van der Waals surface area contributed by atoms with Crippen LogP contribution in [0, 0.1) is 0 Å². The van der Waals surface area contributed by atoms with Crippen molar-refractivity contribution >= 4 is 11.3 Å². The lowest BCUT2D eigenvalue weighted by atomic mass is 9.95. The summed E-state index contributed by atoms with van der Waals surface area (Å²) in [6.45, 7) is 7.60. The molecule has 1 aromatic carbocycles. The van der Waals surface area contributed by atoms with Crippen LogP contribution in [0.3, 0.4) is 0 Å². The standard InChI is InChI=1S/C17H23NOS/c1-17(2,3)16-10-9-14(20-16)11-18-15(12-19)13-7-5-4-6-8-13/h4-10,15,18-19H,11-12H2,1-3H3. The molecular weight excluding hydrogens is 266 g/mol. The Hall–Kier alpha value is -1.16.